The number of unbranched alkanes of at least 4 members (excludes halogenated alkanes) is 1. The Bertz CT molecular complexity index is 734. The molecular weight excluding hydrogens is 332 g/mol. The minimum absolute atomic E-state index is 0.0818. The minimum Gasteiger partial charge on any atom is -0.481 e. The third-order valence-corrected chi connectivity index (χ3v) is 4.58. The first kappa shape index (κ1) is 20.0. The first-order chi connectivity index (χ1) is 12.5. The highest BCUT2D eigenvalue weighted by atomic mass is 16.5. The van der Waals surface area contributed by atoms with Crippen molar-refractivity contribution in [2.45, 2.75) is 46.0 Å². The molecule has 0 bridgehead atoms. The van der Waals surface area contributed by atoms with Crippen LogP contribution in [-0.4, -0.2) is 46.6 Å². The molecule has 26 heavy (non-hydrogen) atoms. The SMILES string of the molecule is CCN(CC)CCc1c[nH]c2ccc(OC(=O)CCCCC(=O)O)cc12. The molecule has 1 heterocycles. The number of carboxylic acids is 1. The topological polar surface area (TPSA) is 82.6 Å². The largest absolute Gasteiger partial charge is 0.481 e. The molecule has 1 aromatic carbocycles. The minimum atomic E-state index is -0.839. The van der Waals surface area contributed by atoms with Crippen molar-refractivity contribution in [3.8, 4) is 5.75 Å². The first-order valence-corrected chi connectivity index (χ1v) is 9.28. The molecule has 0 spiro atoms. The van der Waals surface area contributed by atoms with Crippen molar-refractivity contribution in [1.29, 1.82) is 0 Å². The number of hydrogen-bond donors (Lipinski definition) is 2. The van der Waals surface area contributed by atoms with Crippen molar-refractivity contribution in [2.75, 3.05) is 19.6 Å². The number of rotatable bonds is 11. The number of aliphatic carboxylic acids is 1. The average molecular weight is 360 g/mol. The van der Waals surface area contributed by atoms with Crippen LogP contribution in [0.5, 0.6) is 5.75 Å². The fraction of sp³-hybridized carbons (Fsp3) is 0.500. The van der Waals surface area contributed by atoms with E-state index >= 15 is 0 Å². The van der Waals surface area contributed by atoms with Crippen LogP contribution >= 0.6 is 0 Å². The lowest BCUT2D eigenvalue weighted by Gasteiger charge is -2.17. The van der Waals surface area contributed by atoms with Gasteiger partial charge in [-0.25, -0.2) is 0 Å². The zero-order chi connectivity index (χ0) is 18.9. The molecule has 2 aromatic rings. The quantitative estimate of drug-likeness (QED) is 0.363. The van der Waals surface area contributed by atoms with Crippen LogP contribution in [0.15, 0.2) is 24.4 Å². The highest BCUT2D eigenvalue weighted by molar-refractivity contribution is 5.85. The predicted molar refractivity (Wildman–Crippen MR) is 102 cm³/mol. The molecular formula is C20H28N2O4. The molecule has 0 aliphatic rings. The summed E-state index contributed by atoms with van der Waals surface area (Å²) >= 11 is 0. The summed E-state index contributed by atoms with van der Waals surface area (Å²) < 4.78 is 5.41. The molecule has 0 unspecified atom stereocenters. The molecule has 142 valence electrons. The van der Waals surface area contributed by atoms with Gasteiger partial charge in [-0.2, -0.15) is 0 Å². The summed E-state index contributed by atoms with van der Waals surface area (Å²) in [5.74, 6) is -0.632. The van der Waals surface area contributed by atoms with E-state index < -0.39 is 5.97 Å². The number of benzene rings is 1. The molecule has 0 fully saturated rings. The zero-order valence-corrected chi connectivity index (χ0v) is 15.6. The van der Waals surface area contributed by atoms with E-state index in [0.717, 1.165) is 37.0 Å². The van der Waals surface area contributed by atoms with Gasteiger partial charge in [0.15, 0.2) is 0 Å². The highest BCUT2D eigenvalue weighted by Crippen LogP contribution is 2.24. The van der Waals surface area contributed by atoms with Crippen molar-refractivity contribution in [3.05, 3.63) is 30.0 Å². The van der Waals surface area contributed by atoms with E-state index in [2.05, 4.69) is 23.7 Å². The predicted octanol–water partition coefficient (Wildman–Crippen LogP) is 3.60. The molecule has 0 aliphatic carbocycles. The standard InChI is InChI=1S/C20H28N2O4/c1-3-22(4-2)12-11-15-14-21-18-10-9-16(13-17(15)18)26-20(25)8-6-5-7-19(23)24/h9-10,13-14,21H,3-8,11-12H2,1-2H3,(H,23,24). The van der Waals surface area contributed by atoms with Gasteiger partial charge >= 0.3 is 11.9 Å². The Morgan fingerprint density at radius 1 is 1.15 bits per heavy atom. The second kappa shape index (κ2) is 9.97. The number of carbonyl (C=O) groups is 2. The van der Waals surface area contributed by atoms with Crippen molar-refractivity contribution in [2.24, 2.45) is 0 Å². The molecule has 6 heteroatoms. The number of ether oxygens (including phenoxy) is 1. The normalized spacial score (nSPS) is 11.2. The molecule has 0 saturated carbocycles. The number of aromatic amines is 1. The van der Waals surface area contributed by atoms with E-state index in [4.69, 9.17) is 9.84 Å². The summed E-state index contributed by atoms with van der Waals surface area (Å²) in [6.07, 6.45) is 4.27. The van der Waals surface area contributed by atoms with Crippen LogP contribution in [0.25, 0.3) is 10.9 Å². The second-order valence-corrected chi connectivity index (χ2v) is 6.37. The fourth-order valence-corrected chi connectivity index (χ4v) is 2.97. The number of nitrogens with zero attached hydrogens (tertiary/aromatic N) is 1. The average Bonchev–Trinajstić information content (AvgIpc) is 3.02. The number of carbonyl (C=O) groups excluding carboxylic acids is 1. The van der Waals surface area contributed by atoms with Crippen LogP contribution < -0.4 is 4.74 Å². The Hall–Kier alpha value is -2.34. The highest BCUT2D eigenvalue weighted by Gasteiger charge is 2.10. The summed E-state index contributed by atoms with van der Waals surface area (Å²) in [6, 6.07) is 5.60. The summed E-state index contributed by atoms with van der Waals surface area (Å²) in [7, 11) is 0. The molecule has 2 rings (SSSR count). The maximum atomic E-state index is 11.9. The molecule has 0 atom stereocenters. The third-order valence-electron chi connectivity index (χ3n) is 4.58. The maximum Gasteiger partial charge on any atom is 0.311 e. The Balaban J connectivity index is 1.95. The van der Waals surface area contributed by atoms with E-state index in [9.17, 15) is 9.59 Å². The molecule has 6 nitrogen and oxygen atoms in total. The second-order valence-electron chi connectivity index (χ2n) is 6.37. The van der Waals surface area contributed by atoms with E-state index in [0.29, 0.717) is 18.6 Å². The Labute approximate surface area is 154 Å². The third kappa shape index (κ3) is 5.88. The van der Waals surface area contributed by atoms with Crippen molar-refractivity contribution in [3.63, 3.8) is 0 Å². The van der Waals surface area contributed by atoms with Crippen LogP contribution in [-0.2, 0) is 16.0 Å². The van der Waals surface area contributed by atoms with E-state index in [-0.39, 0.29) is 18.8 Å². The van der Waals surface area contributed by atoms with Crippen molar-refractivity contribution < 1.29 is 19.4 Å². The van der Waals surface area contributed by atoms with Crippen LogP contribution in [0.4, 0.5) is 0 Å². The lowest BCUT2D eigenvalue weighted by molar-refractivity contribution is -0.138. The number of hydrogen-bond acceptors (Lipinski definition) is 4. The van der Waals surface area contributed by atoms with Gasteiger partial charge in [-0.1, -0.05) is 13.8 Å². The number of fused-ring (bicyclic) bond motifs is 1. The monoisotopic (exact) mass is 360 g/mol. The van der Waals surface area contributed by atoms with Gasteiger partial charge in [-0.15, -0.1) is 0 Å². The molecule has 0 radical (unpaired) electrons. The maximum absolute atomic E-state index is 11.9. The van der Waals surface area contributed by atoms with E-state index in [1.54, 1.807) is 6.07 Å². The molecule has 1 aromatic heterocycles. The number of carboxylic acid groups (broad SMARTS) is 1. The summed E-state index contributed by atoms with van der Waals surface area (Å²) in [6.45, 7) is 7.38. The molecule has 0 saturated heterocycles. The van der Waals surface area contributed by atoms with E-state index in [1.165, 1.54) is 5.56 Å². The van der Waals surface area contributed by atoms with Gasteiger partial charge < -0.3 is 19.7 Å². The number of likely N-dealkylation sites (N-methyl/N-ethyl adjacent to an activating group) is 1. The molecule has 0 amide bonds. The fourth-order valence-electron chi connectivity index (χ4n) is 2.97. The van der Waals surface area contributed by atoms with Crippen LogP contribution in [0.2, 0.25) is 0 Å². The van der Waals surface area contributed by atoms with E-state index in [1.807, 2.05) is 18.3 Å². The van der Waals surface area contributed by atoms with Gasteiger partial charge in [0.05, 0.1) is 0 Å². The van der Waals surface area contributed by atoms with Gasteiger partial charge in [0.25, 0.3) is 0 Å². The van der Waals surface area contributed by atoms with Crippen LogP contribution in [0.3, 0.4) is 0 Å². The summed E-state index contributed by atoms with van der Waals surface area (Å²) in [5.41, 5.74) is 2.24. The first-order valence-electron chi connectivity index (χ1n) is 9.28. The molecule has 0 aliphatic heterocycles. The molecule has 2 N–H and O–H groups in total. The number of H-pyrrole nitrogens is 1. The lowest BCUT2D eigenvalue weighted by atomic mass is 10.1. The van der Waals surface area contributed by atoms with Gasteiger partial charge in [0.1, 0.15) is 5.75 Å². The Morgan fingerprint density at radius 2 is 1.88 bits per heavy atom. The summed E-state index contributed by atoms with van der Waals surface area (Å²) in [4.78, 5) is 28.0. The van der Waals surface area contributed by atoms with Crippen molar-refractivity contribution in [1.82, 2.24) is 9.88 Å². The van der Waals surface area contributed by atoms with Gasteiger partial charge in [0.2, 0.25) is 0 Å². The number of esters is 1. The summed E-state index contributed by atoms with van der Waals surface area (Å²) in [5, 5.41) is 9.68. The van der Waals surface area contributed by atoms with Crippen molar-refractivity contribution >= 4 is 22.8 Å². The lowest BCUT2D eigenvalue weighted by Crippen LogP contribution is -2.25. The zero-order valence-electron chi connectivity index (χ0n) is 15.6. The Kier molecular flexibility index (Phi) is 7.66. The number of aromatic nitrogens is 1. The van der Waals surface area contributed by atoms with Gasteiger partial charge in [-0.05, 0) is 56.1 Å². The van der Waals surface area contributed by atoms with Gasteiger partial charge in [-0.3, -0.25) is 9.59 Å². The number of nitrogens with one attached hydrogen (secondary N) is 1. The smallest absolute Gasteiger partial charge is 0.311 e. The van der Waals surface area contributed by atoms with Gasteiger partial charge in [0, 0.05) is 36.5 Å². The van der Waals surface area contributed by atoms with Crippen LogP contribution in [0.1, 0.15) is 45.1 Å². The Morgan fingerprint density at radius 3 is 2.58 bits per heavy atom. The van der Waals surface area contributed by atoms with Crippen LogP contribution in [0, 0.1) is 0 Å².